The molecule has 0 aromatic carbocycles. The van der Waals surface area contributed by atoms with Crippen LogP contribution in [0.25, 0.3) is 0 Å². The van der Waals surface area contributed by atoms with E-state index < -0.39 is 5.97 Å². The quantitative estimate of drug-likeness (QED) is 0.824. The number of aryl methyl sites for hydroxylation is 1. The van der Waals surface area contributed by atoms with Gasteiger partial charge in [-0.1, -0.05) is 0 Å². The maximum atomic E-state index is 11.0. The average Bonchev–Trinajstić information content (AvgIpc) is 2.29. The van der Waals surface area contributed by atoms with Crippen LogP contribution in [0.2, 0.25) is 0 Å². The second-order valence-electron chi connectivity index (χ2n) is 4.31. The van der Waals surface area contributed by atoms with Gasteiger partial charge < -0.3 is 10.0 Å². The van der Waals surface area contributed by atoms with E-state index in [4.69, 9.17) is 5.11 Å². The van der Waals surface area contributed by atoms with Gasteiger partial charge in [0, 0.05) is 19.3 Å². The summed E-state index contributed by atoms with van der Waals surface area (Å²) in [5, 5.41) is 9.01. The van der Waals surface area contributed by atoms with Crippen LogP contribution >= 0.6 is 0 Å². The highest BCUT2D eigenvalue weighted by Crippen LogP contribution is 2.22. The average molecular weight is 220 g/mol. The van der Waals surface area contributed by atoms with Crippen molar-refractivity contribution in [2.75, 3.05) is 18.0 Å². The third-order valence-electron chi connectivity index (χ3n) is 3.00. The Bertz CT molecular complexity index is 392. The minimum absolute atomic E-state index is 0.254. The minimum Gasteiger partial charge on any atom is -0.481 e. The van der Waals surface area contributed by atoms with Crippen molar-refractivity contribution in [2.24, 2.45) is 5.92 Å². The van der Waals surface area contributed by atoms with Gasteiger partial charge in [-0.3, -0.25) is 4.79 Å². The van der Waals surface area contributed by atoms with Crippen LogP contribution in [0.4, 0.5) is 5.82 Å². The lowest BCUT2D eigenvalue weighted by molar-refractivity contribution is -0.141. The molecule has 2 rings (SSSR count). The minimum atomic E-state index is -0.697. The monoisotopic (exact) mass is 220 g/mol. The zero-order chi connectivity index (χ0) is 11.5. The maximum absolute atomic E-state index is 11.0. The molecule has 16 heavy (non-hydrogen) atoms. The highest BCUT2D eigenvalue weighted by atomic mass is 16.4. The van der Waals surface area contributed by atoms with Crippen LogP contribution in [-0.2, 0) is 4.79 Å². The predicted octanol–water partition coefficient (Wildman–Crippen LogP) is 1.69. The second-order valence-corrected chi connectivity index (χ2v) is 4.31. The molecule has 0 bridgehead atoms. The number of carboxylic acid groups (broad SMARTS) is 1. The fourth-order valence-electron chi connectivity index (χ4n) is 2.08. The van der Waals surface area contributed by atoms with Crippen LogP contribution in [0.15, 0.2) is 18.3 Å². The Morgan fingerprint density at radius 1 is 1.62 bits per heavy atom. The highest BCUT2D eigenvalue weighted by molar-refractivity contribution is 5.71. The summed E-state index contributed by atoms with van der Waals surface area (Å²) in [5.41, 5.74) is 1.16. The lowest BCUT2D eigenvalue weighted by Crippen LogP contribution is -2.39. The molecular formula is C12H16N2O2. The summed E-state index contributed by atoms with van der Waals surface area (Å²) in [5.74, 6) is -0.0561. The highest BCUT2D eigenvalue weighted by Gasteiger charge is 2.25. The Hall–Kier alpha value is -1.58. The molecule has 0 unspecified atom stereocenters. The molecule has 86 valence electrons. The van der Waals surface area contributed by atoms with Crippen LogP contribution < -0.4 is 4.90 Å². The molecular weight excluding hydrogens is 204 g/mol. The molecule has 1 aromatic rings. The summed E-state index contributed by atoms with van der Waals surface area (Å²) in [7, 11) is 0. The lowest BCUT2D eigenvalue weighted by Gasteiger charge is -2.31. The number of nitrogens with zero attached hydrogens (tertiary/aromatic N) is 2. The summed E-state index contributed by atoms with van der Waals surface area (Å²) in [6.45, 7) is 3.50. The number of hydrogen-bond acceptors (Lipinski definition) is 3. The van der Waals surface area contributed by atoms with Crippen molar-refractivity contribution in [1.29, 1.82) is 0 Å². The lowest BCUT2D eigenvalue weighted by atomic mass is 9.98. The van der Waals surface area contributed by atoms with Crippen molar-refractivity contribution < 1.29 is 9.90 Å². The van der Waals surface area contributed by atoms with Gasteiger partial charge in [0.05, 0.1) is 5.92 Å². The number of rotatable bonds is 2. The maximum Gasteiger partial charge on any atom is 0.308 e. The Balaban J connectivity index is 2.12. The van der Waals surface area contributed by atoms with Crippen molar-refractivity contribution in [3.8, 4) is 0 Å². The van der Waals surface area contributed by atoms with Gasteiger partial charge in [-0.25, -0.2) is 4.98 Å². The molecule has 1 saturated heterocycles. The molecule has 1 atom stereocenters. The number of piperidine rings is 1. The predicted molar refractivity (Wildman–Crippen MR) is 61.5 cm³/mol. The number of aliphatic carboxylic acids is 1. The first-order valence-corrected chi connectivity index (χ1v) is 5.57. The topological polar surface area (TPSA) is 53.4 Å². The molecule has 0 amide bonds. The number of carbonyl (C=O) groups is 1. The molecule has 0 aliphatic carbocycles. The fraction of sp³-hybridized carbons (Fsp3) is 0.500. The second kappa shape index (κ2) is 4.51. The fourth-order valence-corrected chi connectivity index (χ4v) is 2.08. The summed E-state index contributed by atoms with van der Waals surface area (Å²) in [4.78, 5) is 17.3. The first kappa shape index (κ1) is 10.9. The first-order valence-electron chi connectivity index (χ1n) is 5.57. The number of aromatic nitrogens is 1. The number of anilines is 1. The van der Waals surface area contributed by atoms with E-state index >= 15 is 0 Å². The Morgan fingerprint density at radius 2 is 2.44 bits per heavy atom. The van der Waals surface area contributed by atoms with Gasteiger partial charge in [0.15, 0.2) is 0 Å². The largest absolute Gasteiger partial charge is 0.481 e. The Kier molecular flexibility index (Phi) is 3.08. The van der Waals surface area contributed by atoms with Gasteiger partial charge in [0.1, 0.15) is 5.82 Å². The zero-order valence-electron chi connectivity index (χ0n) is 9.39. The van der Waals surface area contributed by atoms with Gasteiger partial charge in [0.25, 0.3) is 0 Å². The van der Waals surface area contributed by atoms with E-state index in [2.05, 4.69) is 9.88 Å². The molecule has 1 fully saturated rings. The number of carboxylic acids is 1. The van der Waals surface area contributed by atoms with Gasteiger partial charge >= 0.3 is 5.97 Å². The van der Waals surface area contributed by atoms with Crippen LogP contribution in [-0.4, -0.2) is 29.1 Å². The summed E-state index contributed by atoms with van der Waals surface area (Å²) in [6.07, 6.45) is 3.47. The van der Waals surface area contributed by atoms with Gasteiger partial charge in [-0.15, -0.1) is 0 Å². The van der Waals surface area contributed by atoms with E-state index in [0.29, 0.717) is 6.54 Å². The molecule has 0 spiro atoms. The molecule has 1 N–H and O–H groups in total. The van der Waals surface area contributed by atoms with Crippen molar-refractivity contribution in [1.82, 2.24) is 4.98 Å². The third kappa shape index (κ3) is 2.32. The third-order valence-corrected chi connectivity index (χ3v) is 3.00. The summed E-state index contributed by atoms with van der Waals surface area (Å²) < 4.78 is 0. The summed E-state index contributed by atoms with van der Waals surface area (Å²) >= 11 is 0. The van der Waals surface area contributed by atoms with Gasteiger partial charge in [-0.2, -0.15) is 0 Å². The van der Waals surface area contributed by atoms with Gasteiger partial charge in [-0.05, 0) is 37.5 Å². The van der Waals surface area contributed by atoms with E-state index in [-0.39, 0.29) is 5.92 Å². The normalized spacial score (nSPS) is 20.8. The number of pyridine rings is 1. The van der Waals surface area contributed by atoms with Crippen LogP contribution in [0.3, 0.4) is 0 Å². The van der Waals surface area contributed by atoms with Crippen LogP contribution in [0.1, 0.15) is 18.4 Å². The molecule has 1 aliphatic heterocycles. The molecule has 1 aromatic heterocycles. The standard InChI is InChI=1S/C12H16N2O2/c1-9-4-5-13-11(7-9)14-6-2-3-10(8-14)12(15)16/h4-5,7,10H,2-3,6,8H2,1H3,(H,15,16)/t10-/m0/s1. The van der Waals surface area contributed by atoms with E-state index in [1.807, 2.05) is 19.1 Å². The van der Waals surface area contributed by atoms with E-state index in [0.717, 1.165) is 30.8 Å². The zero-order valence-corrected chi connectivity index (χ0v) is 9.39. The molecule has 0 radical (unpaired) electrons. The van der Waals surface area contributed by atoms with Gasteiger partial charge in [0.2, 0.25) is 0 Å². The Morgan fingerprint density at radius 3 is 3.12 bits per heavy atom. The van der Waals surface area contributed by atoms with Crippen molar-refractivity contribution in [2.45, 2.75) is 19.8 Å². The molecule has 4 nitrogen and oxygen atoms in total. The van der Waals surface area contributed by atoms with E-state index in [1.165, 1.54) is 0 Å². The Labute approximate surface area is 94.9 Å². The van der Waals surface area contributed by atoms with Crippen molar-refractivity contribution in [3.05, 3.63) is 23.9 Å². The van der Waals surface area contributed by atoms with Crippen molar-refractivity contribution >= 4 is 11.8 Å². The molecule has 4 heteroatoms. The molecule has 0 saturated carbocycles. The van der Waals surface area contributed by atoms with Crippen molar-refractivity contribution in [3.63, 3.8) is 0 Å². The first-order chi connectivity index (χ1) is 7.66. The van der Waals surface area contributed by atoms with E-state index in [1.54, 1.807) is 6.20 Å². The SMILES string of the molecule is Cc1ccnc(N2CCC[C@H](C(=O)O)C2)c1. The molecule has 1 aliphatic rings. The summed E-state index contributed by atoms with van der Waals surface area (Å²) in [6, 6.07) is 3.95. The smallest absolute Gasteiger partial charge is 0.308 e. The van der Waals surface area contributed by atoms with E-state index in [9.17, 15) is 4.79 Å². The number of hydrogen-bond donors (Lipinski definition) is 1. The molecule has 2 heterocycles. The van der Waals surface area contributed by atoms with Crippen LogP contribution in [0.5, 0.6) is 0 Å². The van der Waals surface area contributed by atoms with Crippen LogP contribution in [0, 0.1) is 12.8 Å².